The first-order valence-corrected chi connectivity index (χ1v) is 11.6. The number of nitrogens with one attached hydrogen (secondary N) is 1. The number of morpholine rings is 1. The van der Waals surface area contributed by atoms with Gasteiger partial charge in [-0.1, -0.05) is 0 Å². The maximum atomic E-state index is 5.45. The lowest BCUT2D eigenvalue weighted by Crippen LogP contribution is -2.44. The van der Waals surface area contributed by atoms with Gasteiger partial charge in [-0.15, -0.1) is 10.2 Å². The van der Waals surface area contributed by atoms with Crippen LogP contribution >= 0.6 is 0 Å². The number of hydrogen-bond acceptors (Lipinski definition) is 6. The lowest BCUT2D eigenvalue weighted by atomic mass is 10.2. The van der Waals surface area contributed by atoms with Gasteiger partial charge in [0.05, 0.1) is 13.2 Å². The van der Waals surface area contributed by atoms with Crippen LogP contribution in [0.15, 0.2) is 4.99 Å². The van der Waals surface area contributed by atoms with E-state index in [1.807, 2.05) is 18.5 Å². The third-order valence-electron chi connectivity index (χ3n) is 6.71. The van der Waals surface area contributed by atoms with Gasteiger partial charge in [-0.25, -0.2) is 4.99 Å². The normalized spacial score (nSPS) is 24.1. The van der Waals surface area contributed by atoms with E-state index in [-0.39, 0.29) is 0 Å². The van der Waals surface area contributed by atoms with Crippen molar-refractivity contribution < 1.29 is 4.74 Å². The van der Waals surface area contributed by atoms with E-state index in [0.717, 1.165) is 76.5 Å². The molecule has 1 N–H and O–H groups in total. The zero-order valence-electron chi connectivity index (χ0n) is 18.7. The summed E-state index contributed by atoms with van der Waals surface area (Å²) in [5, 5.41) is 12.1. The van der Waals surface area contributed by atoms with E-state index in [1.165, 1.54) is 32.4 Å². The molecule has 1 atom stereocenters. The molecule has 9 heteroatoms. The van der Waals surface area contributed by atoms with Gasteiger partial charge in [0.2, 0.25) is 0 Å². The molecule has 1 aromatic heterocycles. The second-order valence-corrected chi connectivity index (χ2v) is 8.73. The Morgan fingerprint density at radius 2 is 1.93 bits per heavy atom. The van der Waals surface area contributed by atoms with Crippen molar-refractivity contribution >= 4 is 5.96 Å². The van der Waals surface area contributed by atoms with Crippen molar-refractivity contribution in [3.05, 3.63) is 11.6 Å². The Morgan fingerprint density at radius 3 is 2.67 bits per heavy atom. The molecule has 0 spiro atoms. The minimum absolute atomic E-state index is 0.564. The molecule has 3 aliphatic rings. The van der Waals surface area contributed by atoms with Crippen molar-refractivity contribution in [2.45, 2.75) is 45.2 Å². The van der Waals surface area contributed by atoms with Gasteiger partial charge in [0.1, 0.15) is 12.4 Å². The monoisotopic (exact) mass is 418 g/mol. The number of likely N-dealkylation sites (tertiary alicyclic amines) is 2. The first-order chi connectivity index (χ1) is 14.7. The van der Waals surface area contributed by atoms with Gasteiger partial charge >= 0.3 is 0 Å². The molecule has 3 aliphatic heterocycles. The van der Waals surface area contributed by atoms with Crippen LogP contribution in [0.2, 0.25) is 0 Å². The Balaban J connectivity index is 1.33. The highest BCUT2D eigenvalue weighted by Crippen LogP contribution is 2.20. The molecule has 3 fully saturated rings. The van der Waals surface area contributed by atoms with Crippen LogP contribution in [0.4, 0.5) is 0 Å². The summed E-state index contributed by atoms with van der Waals surface area (Å²) in [6.07, 6.45) is 5.05. The van der Waals surface area contributed by atoms with Crippen molar-refractivity contribution in [2.24, 2.45) is 12.0 Å². The highest BCUT2D eigenvalue weighted by atomic mass is 16.5. The number of aryl methyl sites for hydroxylation is 1. The molecule has 4 heterocycles. The average molecular weight is 419 g/mol. The molecule has 3 saturated heterocycles. The number of nitrogens with zero attached hydrogens (tertiary/aromatic N) is 7. The first kappa shape index (κ1) is 21.5. The van der Waals surface area contributed by atoms with E-state index in [9.17, 15) is 0 Å². The Kier molecular flexibility index (Phi) is 7.57. The van der Waals surface area contributed by atoms with Crippen LogP contribution in [-0.4, -0.2) is 107 Å². The summed E-state index contributed by atoms with van der Waals surface area (Å²) >= 11 is 0. The molecular weight excluding hydrogens is 380 g/mol. The number of rotatable bonds is 7. The molecule has 30 heavy (non-hydrogen) atoms. The predicted octanol–water partition coefficient (Wildman–Crippen LogP) is 0.462. The SMILES string of the molecule is Cc1nnc(CN=C(NCCCN2CCOCC2)N2CCC(N3CCCC3)C2)n1C. The van der Waals surface area contributed by atoms with Crippen LogP contribution in [0.5, 0.6) is 0 Å². The smallest absolute Gasteiger partial charge is 0.194 e. The summed E-state index contributed by atoms with van der Waals surface area (Å²) in [6, 6.07) is 0.671. The molecule has 0 bridgehead atoms. The Hall–Kier alpha value is -1.71. The maximum Gasteiger partial charge on any atom is 0.194 e. The van der Waals surface area contributed by atoms with E-state index in [0.29, 0.717) is 12.6 Å². The number of aromatic nitrogens is 3. The molecule has 0 amide bonds. The maximum absolute atomic E-state index is 5.45. The quantitative estimate of drug-likeness (QED) is 0.392. The molecule has 0 radical (unpaired) electrons. The van der Waals surface area contributed by atoms with Crippen molar-refractivity contribution in [3.8, 4) is 0 Å². The molecule has 1 aromatic rings. The van der Waals surface area contributed by atoms with Crippen LogP contribution in [0.1, 0.15) is 37.3 Å². The zero-order valence-corrected chi connectivity index (χ0v) is 18.7. The van der Waals surface area contributed by atoms with Crippen molar-refractivity contribution in [3.63, 3.8) is 0 Å². The molecule has 0 aromatic carbocycles. The second-order valence-electron chi connectivity index (χ2n) is 8.73. The Morgan fingerprint density at radius 1 is 1.13 bits per heavy atom. The van der Waals surface area contributed by atoms with Crippen LogP contribution in [-0.2, 0) is 18.3 Å². The molecule has 0 saturated carbocycles. The Bertz CT molecular complexity index is 693. The molecule has 0 aliphatic carbocycles. The molecule has 1 unspecified atom stereocenters. The van der Waals surface area contributed by atoms with Crippen molar-refractivity contribution in [1.29, 1.82) is 0 Å². The number of aliphatic imine (C=N–C) groups is 1. The summed E-state index contributed by atoms with van der Waals surface area (Å²) in [7, 11) is 2.01. The van der Waals surface area contributed by atoms with Gasteiger partial charge in [-0.3, -0.25) is 9.80 Å². The van der Waals surface area contributed by atoms with Gasteiger partial charge < -0.3 is 19.5 Å². The fourth-order valence-electron chi connectivity index (χ4n) is 4.67. The van der Waals surface area contributed by atoms with E-state index < -0.39 is 0 Å². The number of ether oxygens (including phenoxy) is 1. The van der Waals surface area contributed by atoms with Gasteiger partial charge in [0.15, 0.2) is 11.8 Å². The number of hydrogen-bond donors (Lipinski definition) is 1. The van der Waals surface area contributed by atoms with Crippen molar-refractivity contribution in [2.75, 3.05) is 65.6 Å². The lowest BCUT2D eigenvalue weighted by molar-refractivity contribution is 0.0375. The van der Waals surface area contributed by atoms with Gasteiger partial charge in [-0.2, -0.15) is 0 Å². The van der Waals surface area contributed by atoms with Crippen LogP contribution < -0.4 is 5.32 Å². The molecule has 4 rings (SSSR count). The van der Waals surface area contributed by atoms with Crippen LogP contribution in [0, 0.1) is 6.92 Å². The third-order valence-corrected chi connectivity index (χ3v) is 6.71. The second kappa shape index (κ2) is 10.5. The summed E-state index contributed by atoms with van der Waals surface area (Å²) in [5.74, 6) is 2.87. The van der Waals surface area contributed by atoms with Crippen molar-refractivity contribution in [1.82, 2.24) is 34.8 Å². The van der Waals surface area contributed by atoms with Gasteiger partial charge in [0, 0.05) is 45.8 Å². The minimum atomic E-state index is 0.564. The molecule has 168 valence electrons. The van der Waals surface area contributed by atoms with Crippen LogP contribution in [0.3, 0.4) is 0 Å². The van der Waals surface area contributed by atoms with Gasteiger partial charge in [-0.05, 0) is 52.2 Å². The highest BCUT2D eigenvalue weighted by molar-refractivity contribution is 5.80. The van der Waals surface area contributed by atoms with E-state index in [4.69, 9.17) is 9.73 Å². The summed E-state index contributed by atoms with van der Waals surface area (Å²) < 4.78 is 7.47. The third kappa shape index (κ3) is 5.50. The minimum Gasteiger partial charge on any atom is -0.379 e. The van der Waals surface area contributed by atoms with E-state index >= 15 is 0 Å². The highest BCUT2D eigenvalue weighted by Gasteiger charge is 2.30. The summed E-state index contributed by atoms with van der Waals surface area (Å²) in [5.41, 5.74) is 0. The standard InChI is InChI=1S/C21H38N8O/c1-18-24-25-20(26(18)2)16-23-21(22-7-5-8-27-12-14-30-15-13-27)29-11-6-19(17-29)28-9-3-4-10-28/h19H,3-17H2,1-2H3,(H,22,23). The summed E-state index contributed by atoms with van der Waals surface area (Å²) in [6.45, 7) is 13.1. The summed E-state index contributed by atoms with van der Waals surface area (Å²) in [4.78, 5) is 12.6. The fraction of sp³-hybridized carbons (Fsp3) is 0.857. The van der Waals surface area contributed by atoms with E-state index in [1.54, 1.807) is 0 Å². The van der Waals surface area contributed by atoms with Gasteiger partial charge in [0.25, 0.3) is 0 Å². The Labute approximate surface area is 180 Å². The zero-order chi connectivity index (χ0) is 20.8. The first-order valence-electron chi connectivity index (χ1n) is 11.6. The molecule has 9 nitrogen and oxygen atoms in total. The largest absolute Gasteiger partial charge is 0.379 e. The lowest BCUT2D eigenvalue weighted by Gasteiger charge is -2.27. The van der Waals surface area contributed by atoms with Crippen LogP contribution in [0.25, 0.3) is 0 Å². The fourth-order valence-corrected chi connectivity index (χ4v) is 4.67. The predicted molar refractivity (Wildman–Crippen MR) is 118 cm³/mol. The number of guanidine groups is 1. The topological polar surface area (TPSA) is 74.0 Å². The molecular formula is C21H38N8O. The van der Waals surface area contributed by atoms with E-state index in [2.05, 4.69) is 30.2 Å². The average Bonchev–Trinajstić information content (AvgIpc) is 3.52.